The number of carbonyl (C=O) groups excluding carboxylic acids is 2. The molecule has 2 aliphatic rings. The quantitative estimate of drug-likeness (QED) is 0.803. The molecule has 2 fully saturated rings. The fourth-order valence-electron chi connectivity index (χ4n) is 3.28. The lowest BCUT2D eigenvalue weighted by Crippen LogP contribution is -2.47. The lowest BCUT2D eigenvalue weighted by molar-refractivity contribution is -0.139. The fourth-order valence-corrected chi connectivity index (χ4v) is 3.28. The molecule has 0 radical (unpaired) electrons. The molecule has 114 valence electrons. The topological polar surface area (TPSA) is 75.4 Å². The number of piperidine rings is 1. The molecule has 1 saturated carbocycles. The third-order valence-electron chi connectivity index (χ3n) is 4.48. The Morgan fingerprint density at radius 3 is 2.70 bits per heavy atom. The number of hydrogen-bond acceptors (Lipinski definition) is 3. The number of carbonyl (C=O) groups is 2. The highest BCUT2D eigenvalue weighted by atomic mass is 16.2. The van der Waals surface area contributed by atoms with Crippen LogP contribution in [0.15, 0.2) is 0 Å². The zero-order valence-corrected chi connectivity index (χ0v) is 12.4. The summed E-state index contributed by atoms with van der Waals surface area (Å²) in [7, 11) is 0. The second-order valence-electron chi connectivity index (χ2n) is 6.18. The van der Waals surface area contributed by atoms with Crippen LogP contribution in [0.4, 0.5) is 0 Å². The van der Waals surface area contributed by atoms with Gasteiger partial charge in [0, 0.05) is 31.6 Å². The van der Waals surface area contributed by atoms with E-state index < -0.39 is 0 Å². The van der Waals surface area contributed by atoms with Gasteiger partial charge in [-0.2, -0.15) is 0 Å². The van der Waals surface area contributed by atoms with Gasteiger partial charge in [-0.05, 0) is 38.5 Å². The molecule has 3 unspecified atom stereocenters. The van der Waals surface area contributed by atoms with E-state index in [1.54, 1.807) is 0 Å². The van der Waals surface area contributed by atoms with Crippen molar-refractivity contribution in [3.05, 3.63) is 0 Å². The first kappa shape index (κ1) is 15.3. The normalized spacial score (nSPS) is 30.3. The Balaban J connectivity index is 1.86. The molecule has 1 saturated heterocycles. The molecular weight excluding hydrogens is 254 g/mol. The third kappa shape index (κ3) is 3.72. The maximum absolute atomic E-state index is 12.5. The summed E-state index contributed by atoms with van der Waals surface area (Å²) in [6, 6.07) is 0.178. The van der Waals surface area contributed by atoms with Crippen LogP contribution in [0.3, 0.4) is 0 Å². The number of hydrogen-bond donors (Lipinski definition) is 2. The maximum atomic E-state index is 12.5. The van der Waals surface area contributed by atoms with E-state index in [0.29, 0.717) is 6.54 Å². The summed E-state index contributed by atoms with van der Waals surface area (Å²) in [5.41, 5.74) is 5.89. The van der Waals surface area contributed by atoms with Crippen molar-refractivity contribution in [2.24, 2.45) is 17.6 Å². The molecule has 0 spiro atoms. The summed E-state index contributed by atoms with van der Waals surface area (Å²) in [5.74, 6) is 0.371. The largest absolute Gasteiger partial charge is 0.356 e. The van der Waals surface area contributed by atoms with Crippen molar-refractivity contribution in [1.82, 2.24) is 10.2 Å². The second kappa shape index (κ2) is 7.07. The number of nitrogens with zero attached hydrogens (tertiary/aromatic N) is 1. The van der Waals surface area contributed by atoms with Crippen LogP contribution >= 0.6 is 0 Å². The molecule has 1 heterocycles. The van der Waals surface area contributed by atoms with Crippen LogP contribution in [0.25, 0.3) is 0 Å². The average Bonchev–Trinajstić information content (AvgIpc) is 2.90. The predicted octanol–water partition coefficient (Wildman–Crippen LogP) is 0.879. The van der Waals surface area contributed by atoms with Gasteiger partial charge in [0.15, 0.2) is 0 Å². The summed E-state index contributed by atoms with van der Waals surface area (Å²) in [6.07, 6.45) is 5.43. The second-order valence-corrected chi connectivity index (χ2v) is 6.18. The van der Waals surface area contributed by atoms with Crippen molar-refractivity contribution in [2.75, 3.05) is 19.6 Å². The van der Waals surface area contributed by atoms with E-state index in [1.807, 2.05) is 11.8 Å². The van der Waals surface area contributed by atoms with E-state index >= 15 is 0 Å². The molecule has 0 aromatic carbocycles. The van der Waals surface area contributed by atoms with E-state index in [-0.39, 0.29) is 29.7 Å². The molecule has 3 N–H and O–H groups in total. The Hall–Kier alpha value is -1.10. The van der Waals surface area contributed by atoms with Crippen molar-refractivity contribution in [1.29, 1.82) is 0 Å². The summed E-state index contributed by atoms with van der Waals surface area (Å²) < 4.78 is 0. The SMILES string of the molecule is CCCNC(=O)C1CCCN(C(=O)C2CCC(N)C2)C1. The molecule has 1 aliphatic heterocycles. The Labute approximate surface area is 121 Å². The van der Waals surface area contributed by atoms with Crippen LogP contribution in [-0.2, 0) is 9.59 Å². The number of likely N-dealkylation sites (tertiary alicyclic amines) is 1. The number of nitrogens with one attached hydrogen (secondary N) is 1. The molecule has 2 rings (SSSR count). The van der Waals surface area contributed by atoms with Gasteiger partial charge < -0.3 is 16.0 Å². The van der Waals surface area contributed by atoms with Gasteiger partial charge >= 0.3 is 0 Å². The summed E-state index contributed by atoms with van der Waals surface area (Å²) in [6.45, 7) is 4.14. The highest BCUT2D eigenvalue weighted by molar-refractivity contribution is 5.82. The first-order valence-corrected chi connectivity index (χ1v) is 7.94. The lowest BCUT2D eigenvalue weighted by Gasteiger charge is -2.33. The van der Waals surface area contributed by atoms with Crippen molar-refractivity contribution in [3.63, 3.8) is 0 Å². The lowest BCUT2D eigenvalue weighted by atomic mass is 9.95. The Bertz CT molecular complexity index is 359. The molecule has 0 bridgehead atoms. The third-order valence-corrected chi connectivity index (χ3v) is 4.48. The number of nitrogens with two attached hydrogens (primary N) is 1. The molecule has 1 aliphatic carbocycles. The standard InChI is InChI=1S/C15H27N3O2/c1-2-7-17-14(19)12-4-3-8-18(10-12)15(20)11-5-6-13(16)9-11/h11-13H,2-10,16H2,1H3,(H,17,19). The van der Waals surface area contributed by atoms with Gasteiger partial charge in [0.2, 0.25) is 11.8 Å². The summed E-state index contributed by atoms with van der Waals surface area (Å²) in [4.78, 5) is 26.4. The molecule has 5 heteroatoms. The molecule has 2 amide bonds. The fraction of sp³-hybridized carbons (Fsp3) is 0.867. The minimum atomic E-state index is -0.0330. The van der Waals surface area contributed by atoms with Gasteiger partial charge in [0.1, 0.15) is 0 Å². The monoisotopic (exact) mass is 281 g/mol. The van der Waals surface area contributed by atoms with Crippen molar-refractivity contribution < 1.29 is 9.59 Å². The van der Waals surface area contributed by atoms with E-state index in [9.17, 15) is 9.59 Å². The predicted molar refractivity (Wildman–Crippen MR) is 77.9 cm³/mol. The summed E-state index contributed by atoms with van der Waals surface area (Å²) in [5, 5.41) is 2.94. The first-order chi connectivity index (χ1) is 9.61. The highest BCUT2D eigenvalue weighted by Crippen LogP contribution is 2.28. The van der Waals surface area contributed by atoms with Crippen molar-refractivity contribution in [2.45, 2.75) is 51.5 Å². The Morgan fingerprint density at radius 2 is 2.05 bits per heavy atom. The van der Waals surface area contributed by atoms with Gasteiger partial charge in [-0.25, -0.2) is 0 Å². The molecular formula is C15H27N3O2. The Kier molecular flexibility index (Phi) is 5.40. The van der Waals surface area contributed by atoms with Crippen molar-refractivity contribution in [3.8, 4) is 0 Å². The minimum Gasteiger partial charge on any atom is -0.356 e. The van der Waals surface area contributed by atoms with Gasteiger partial charge in [0.05, 0.1) is 5.92 Å². The van der Waals surface area contributed by atoms with E-state index in [1.165, 1.54) is 0 Å². The van der Waals surface area contributed by atoms with Crippen LogP contribution in [-0.4, -0.2) is 42.4 Å². The molecule has 3 atom stereocenters. The van der Waals surface area contributed by atoms with Gasteiger partial charge in [-0.1, -0.05) is 6.92 Å². The summed E-state index contributed by atoms with van der Waals surface area (Å²) >= 11 is 0. The van der Waals surface area contributed by atoms with Gasteiger partial charge in [-0.3, -0.25) is 9.59 Å². The van der Waals surface area contributed by atoms with E-state index in [2.05, 4.69) is 5.32 Å². The zero-order valence-electron chi connectivity index (χ0n) is 12.4. The number of rotatable bonds is 4. The number of amides is 2. The molecule has 0 aromatic heterocycles. The minimum absolute atomic E-state index is 0.0330. The highest BCUT2D eigenvalue weighted by Gasteiger charge is 2.34. The zero-order chi connectivity index (χ0) is 14.5. The first-order valence-electron chi connectivity index (χ1n) is 7.94. The maximum Gasteiger partial charge on any atom is 0.225 e. The van der Waals surface area contributed by atoms with E-state index in [0.717, 1.165) is 51.6 Å². The van der Waals surface area contributed by atoms with Gasteiger partial charge in [-0.15, -0.1) is 0 Å². The molecule has 5 nitrogen and oxygen atoms in total. The van der Waals surface area contributed by atoms with Crippen LogP contribution in [0.2, 0.25) is 0 Å². The van der Waals surface area contributed by atoms with Crippen LogP contribution in [0.1, 0.15) is 45.4 Å². The van der Waals surface area contributed by atoms with Crippen LogP contribution in [0.5, 0.6) is 0 Å². The van der Waals surface area contributed by atoms with Crippen LogP contribution < -0.4 is 11.1 Å². The molecule has 0 aromatic rings. The average molecular weight is 281 g/mol. The molecule has 20 heavy (non-hydrogen) atoms. The smallest absolute Gasteiger partial charge is 0.225 e. The van der Waals surface area contributed by atoms with Crippen molar-refractivity contribution >= 4 is 11.8 Å². The Morgan fingerprint density at radius 1 is 1.25 bits per heavy atom. The van der Waals surface area contributed by atoms with E-state index in [4.69, 9.17) is 5.73 Å². The van der Waals surface area contributed by atoms with Gasteiger partial charge in [0.25, 0.3) is 0 Å². The van der Waals surface area contributed by atoms with Crippen LogP contribution in [0, 0.1) is 11.8 Å².